The highest BCUT2D eigenvalue weighted by Crippen LogP contribution is 2.48. The zero-order valence-electron chi connectivity index (χ0n) is 19.5. The van der Waals surface area contributed by atoms with Crippen LogP contribution in [0.25, 0.3) is 0 Å². The number of fused-ring (bicyclic) bond motifs is 1. The van der Waals surface area contributed by atoms with Crippen LogP contribution in [-0.4, -0.2) is 35.0 Å². The van der Waals surface area contributed by atoms with E-state index in [1.54, 1.807) is 0 Å². The van der Waals surface area contributed by atoms with Gasteiger partial charge in [-0.1, -0.05) is 84.4 Å². The molecule has 0 radical (unpaired) electrons. The highest BCUT2D eigenvalue weighted by Gasteiger charge is 2.46. The molecule has 7 heteroatoms. The Kier molecular flexibility index (Phi) is 6.27. The van der Waals surface area contributed by atoms with Gasteiger partial charge in [0.05, 0.1) is 35.2 Å². The van der Waals surface area contributed by atoms with Gasteiger partial charge in [0, 0.05) is 30.3 Å². The highest BCUT2D eigenvalue weighted by molar-refractivity contribution is 7.89. The van der Waals surface area contributed by atoms with Crippen LogP contribution >= 0.6 is 11.6 Å². The van der Waals surface area contributed by atoms with Crippen LogP contribution in [0.15, 0.2) is 108 Å². The summed E-state index contributed by atoms with van der Waals surface area (Å²) >= 11 is 5.06. The molecule has 1 saturated heterocycles. The Hall–Kier alpha value is -3.16. The minimum absolute atomic E-state index is 0.586. The first-order valence-corrected chi connectivity index (χ1v) is 13.4. The molecule has 2 heterocycles. The topological polar surface area (TPSA) is 48.0 Å². The first-order valence-electron chi connectivity index (χ1n) is 11.9. The SMILES string of the molecule is [O-][S+](c1ccc2c(c1)OC(c1ccccc1)(c1ccccc1)O2)N1CCN(c2ccccc2Cl)CC1. The van der Waals surface area contributed by atoms with Crippen molar-refractivity contribution in [1.29, 1.82) is 0 Å². The number of ether oxygens (including phenoxy) is 2. The fourth-order valence-corrected chi connectivity index (χ4v) is 6.20. The lowest BCUT2D eigenvalue weighted by Gasteiger charge is -2.35. The van der Waals surface area contributed by atoms with Crippen LogP contribution in [-0.2, 0) is 17.1 Å². The number of halogens is 1. The summed E-state index contributed by atoms with van der Waals surface area (Å²) in [4.78, 5) is 2.93. The lowest BCUT2D eigenvalue weighted by Crippen LogP contribution is -2.48. The van der Waals surface area contributed by atoms with Crippen molar-refractivity contribution in [2.24, 2.45) is 0 Å². The molecule has 2 aliphatic rings. The molecule has 0 amide bonds. The first kappa shape index (κ1) is 23.3. The van der Waals surface area contributed by atoms with Gasteiger partial charge in [-0.2, -0.15) is 0 Å². The van der Waals surface area contributed by atoms with Crippen LogP contribution in [0.5, 0.6) is 11.5 Å². The summed E-state index contributed by atoms with van der Waals surface area (Å²) in [6.45, 7) is 2.85. The van der Waals surface area contributed by atoms with Crippen molar-refractivity contribution < 1.29 is 14.0 Å². The van der Waals surface area contributed by atoms with Crippen LogP contribution < -0.4 is 14.4 Å². The van der Waals surface area contributed by atoms with Gasteiger partial charge in [0.1, 0.15) is 0 Å². The summed E-state index contributed by atoms with van der Waals surface area (Å²) in [6, 6.07) is 33.2. The Labute approximate surface area is 219 Å². The molecule has 36 heavy (non-hydrogen) atoms. The molecule has 0 aromatic heterocycles. The Morgan fingerprint density at radius 3 is 1.92 bits per heavy atom. The molecule has 1 atom stereocenters. The summed E-state index contributed by atoms with van der Waals surface area (Å²) in [6.07, 6.45) is 0. The monoisotopic (exact) mass is 516 g/mol. The number of piperazine rings is 1. The lowest BCUT2D eigenvalue weighted by atomic mass is 9.97. The van der Waals surface area contributed by atoms with E-state index in [1.807, 2.05) is 107 Å². The molecule has 0 bridgehead atoms. The fourth-order valence-electron chi connectivity index (χ4n) is 4.76. The molecule has 0 N–H and O–H groups in total. The minimum atomic E-state index is -1.31. The average Bonchev–Trinajstić information content (AvgIpc) is 3.34. The molecule has 0 aliphatic carbocycles. The molecule has 1 unspecified atom stereocenters. The lowest BCUT2D eigenvalue weighted by molar-refractivity contribution is -0.0459. The predicted molar refractivity (Wildman–Crippen MR) is 143 cm³/mol. The summed E-state index contributed by atoms with van der Waals surface area (Å²) in [5, 5.41) is 0.739. The van der Waals surface area contributed by atoms with E-state index in [0.717, 1.165) is 34.9 Å². The number of benzene rings is 4. The quantitative estimate of drug-likeness (QED) is 0.311. The summed E-state index contributed by atoms with van der Waals surface area (Å²) in [7, 11) is 0. The zero-order chi connectivity index (χ0) is 24.5. The molecule has 182 valence electrons. The third-order valence-corrected chi connectivity index (χ3v) is 8.41. The van der Waals surface area contributed by atoms with Crippen LogP contribution in [0.3, 0.4) is 0 Å². The van der Waals surface area contributed by atoms with E-state index < -0.39 is 17.1 Å². The van der Waals surface area contributed by atoms with Gasteiger partial charge in [-0.25, -0.2) is 0 Å². The van der Waals surface area contributed by atoms with E-state index in [1.165, 1.54) is 0 Å². The van der Waals surface area contributed by atoms with Crippen molar-refractivity contribution >= 4 is 28.7 Å². The van der Waals surface area contributed by atoms with E-state index in [9.17, 15) is 4.55 Å². The molecular formula is C29H25ClN2O3S. The maximum absolute atomic E-state index is 13.5. The van der Waals surface area contributed by atoms with Crippen molar-refractivity contribution in [2.75, 3.05) is 31.1 Å². The summed E-state index contributed by atoms with van der Waals surface area (Å²) in [5.41, 5.74) is 2.81. The van der Waals surface area contributed by atoms with E-state index in [0.29, 0.717) is 29.5 Å². The van der Waals surface area contributed by atoms with Gasteiger partial charge < -0.3 is 18.9 Å². The number of para-hydroxylation sites is 1. The molecule has 4 aromatic rings. The highest BCUT2D eigenvalue weighted by atomic mass is 35.5. The van der Waals surface area contributed by atoms with Crippen molar-refractivity contribution in [2.45, 2.75) is 10.7 Å². The van der Waals surface area contributed by atoms with E-state index in [-0.39, 0.29) is 0 Å². The van der Waals surface area contributed by atoms with Gasteiger partial charge in [-0.05, 0) is 24.3 Å². The van der Waals surface area contributed by atoms with Gasteiger partial charge in [0.2, 0.25) is 0 Å². The van der Waals surface area contributed by atoms with Gasteiger partial charge in [0.25, 0.3) is 0 Å². The van der Waals surface area contributed by atoms with Crippen molar-refractivity contribution in [3.63, 3.8) is 0 Å². The average molecular weight is 517 g/mol. The molecule has 2 aliphatic heterocycles. The maximum Gasteiger partial charge on any atom is 0.305 e. The smallest absolute Gasteiger partial charge is 0.305 e. The Balaban J connectivity index is 1.23. The summed E-state index contributed by atoms with van der Waals surface area (Å²) < 4.78 is 28.5. The van der Waals surface area contributed by atoms with E-state index >= 15 is 0 Å². The normalized spacial score (nSPS) is 17.7. The molecule has 4 aromatic carbocycles. The van der Waals surface area contributed by atoms with Crippen LogP contribution in [0.4, 0.5) is 5.69 Å². The minimum Gasteiger partial charge on any atom is -0.593 e. The van der Waals surface area contributed by atoms with Gasteiger partial charge in [0.15, 0.2) is 16.4 Å². The van der Waals surface area contributed by atoms with Crippen LogP contribution in [0, 0.1) is 0 Å². The molecule has 1 fully saturated rings. The molecule has 0 spiro atoms. The summed E-state index contributed by atoms with van der Waals surface area (Å²) in [5.74, 6) is 0.126. The standard InChI is InChI=1S/C29H25ClN2O3S/c30-25-13-7-8-14-26(25)31-17-19-32(20-18-31)36(33)24-15-16-27-28(21-24)35-29(34-27,22-9-3-1-4-10-22)23-11-5-2-6-12-23/h1-16,21H,17-20H2. The van der Waals surface area contributed by atoms with Gasteiger partial charge >= 0.3 is 5.79 Å². The van der Waals surface area contributed by atoms with Crippen LogP contribution in [0.1, 0.15) is 11.1 Å². The van der Waals surface area contributed by atoms with E-state index in [2.05, 4.69) is 4.90 Å². The van der Waals surface area contributed by atoms with Gasteiger partial charge in [-0.15, -0.1) is 4.31 Å². The third kappa shape index (κ3) is 4.20. The third-order valence-electron chi connectivity index (χ3n) is 6.60. The second-order valence-corrected chi connectivity index (χ2v) is 10.7. The largest absolute Gasteiger partial charge is 0.593 e. The number of rotatable bonds is 5. The Morgan fingerprint density at radius 2 is 1.28 bits per heavy atom. The van der Waals surface area contributed by atoms with Crippen molar-refractivity contribution in [3.8, 4) is 11.5 Å². The molecule has 0 saturated carbocycles. The van der Waals surface area contributed by atoms with E-state index in [4.69, 9.17) is 21.1 Å². The molecule has 5 nitrogen and oxygen atoms in total. The van der Waals surface area contributed by atoms with Gasteiger partial charge in [-0.3, -0.25) is 0 Å². The number of hydrogen-bond acceptors (Lipinski definition) is 5. The second-order valence-electron chi connectivity index (χ2n) is 8.78. The van der Waals surface area contributed by atoms with Crippen molar-refractivity contribution in [1.82, 2.24) is 4.31 Å². The fraction of sp³-hybridized carbons (Fsp3) is 0.172. The van der Waals surface area contributed by atoms with Crippen LogP contribution in [0.2, 0.25) is 5.02 Å². The molecule has 6 rings (SSSR count). The number of hydrogen-bond donors (Lipinski definition) is 0. The predicted octanol–water partition coefficient (Wildman–Crippen LogP) is 5.86. The maximum atomic E-state index is 13.5. The Bertz CT molecular complexity index is 1310. The second kappa shape index (κ2) is 9.71. The van der Waals surface area contributed by atoms with Crippen molar-refractivity contribution in [3.05, 3.63) is 119 Å². The zero-order valence-corrected chi connectivity index (χ0v) is 21.1. The Morgan fingerprint density at radius 1 is 0.694 bits per heavy atom. The number of nitrogens with zero attached hydrogens (tertiary/aromatic N) is 2. The molecular weight excluding hydrogens is 492 g/mol. The number of anilines is 1. The first-order chi connectivity index (χ1) is 17.6.